The average Bonchev–Trinajstić information content (AvgIpc) is 3.18. The van der Waals surface area contributed by atoms with Crippen molar-refractivity contribution in [2.75, 3.05) is 16.2 Å². The fourth-order valence-corrected chi connectivity index (χ4v) is 4.14. The van der Waals surface area contributed by atoms with Gasteiger partial charge in [-0.25, -0.2) is 18.4 Å². The van der Waals surface area contributed by atoms with Crippen LogP contribution in [0.2, 0.25) is 0 Å². The van der Waals surface area contributed by atoms with E-state index < -0.39 is 10.0 Å². The zero-order valence-electron chi connectivity index (χ0n) is 14.9. The Labute approximate surface area is 156 Å². The summed E-state index contributed by atoms with van der Waals surface area (Å²) in [5.74, 6) is 0.227. The van der Waals surface area contributed by atoms with Gasteiger partial charge in [-0.1, -0.05) is 0 Å². The fraction of sp³-hybridized carbons (Fsp3) is 0.294. The van der Waals surface area contributed by atoms with Crippen molar-refractivity contribution in [1.29, 1.82) is 0 Å². The Bertz CT molecular complexity index is 1140. The molecule has 0 aliphatic carbocycles. The number of hydrogen-bond donors (Lipinski definition) is 1. The van der Waals surface area contributed by atoms with Gasteiger partial charge in [0.15, 0.2) is 5.65 Å². The number of anilines is 2. The first-order chi connectivity index (χ1) is 12.8. The van der Waals surface area contributed by atoms with E-state index in [1.54, 1.807) is 41.8 Å². The van der Waals surface area contributed by atoms with Gasteiger partial charge in [0.25, 0.3) is 10.0 Å². The van der Waals surface area contributed by atoms with Crippen LogP contribution in [0.5, 0.6) is 0 Å². The minimum Gasteiger partial charge on any atom is -0.311 e. The van der Waals surface area contributed by atoms with Crippen molar-refractivity contribution < 1.29 is 13.2 Å². The summed E-state index contributed by atoms with van der Waals surface area (Å²) in [6, 6.07) is 4.77. The van der Waals surface area contributed by atoms with E-state index in [9.17, 15) is 13.2 Å². The van der Waals surface area contributed by atoms with Gasteiger partial charge in [-0.05, 0) is 31.5 Å². The summed E-state index contributed by atoms with van der Waals surface area (Å²) in [5, 5.41) is 4.92. The summed E-state index contributed by atoms with van der Waals surface area (Å²) in [7, 11) is -2.09. The van der Waals surface area contributed by atoms with Crippen LogP contribution in [-0.2, 0) is 21.9 Å². The zero-order valence-corrected chi connectivity index (χ0v) is 15.7. The lowest BCUT2D eigenvalue weighted by Gasteiger charge is -2.15. The summed E-state index contributed by atoms with van der Waals surface area (Å²) in [6.07, 6.45) is 4.13. The highest BCUT2D eigenvalue weighted by atomic mass is 32.2. The van der Waals surface area contributed by atoms with Crippen LogP contribution in [0.1, 0.15) is 18.5 Å². The normalized spacial score (nSPS) is 14.9. The topological polar surface area (TPSA) is 110 Å². The van der Waals surface area contributed by atoms with Crippen molar-refractivity contribution in [1.82, 2.24) is 19.7 Å². The molecule has 1 aliphatic rings. The van der Waals surface area contributed by atoms with Crippen LogP contribution in [0.25, 0.3) is 11.0 Å². The Kier molecular flexibility index (Phi) is 4.06. The molecule has 0 unspecified atom stereocenters. The largest absolute Gasteiger partial charge is 0.311 e. The molecule has 9 nitrogen and oxygen atoms in total. The van der Waals surface area contributed by atoms with Crippen LogP contribution in [0.4, 0.5) is 11.5 Å². The van der Waals surface area contributed by atoms with Crippen LogP contribution in [0.15, 0.2) is 35.5 Å². The lowest BCUT2D eigenvalue weighted by molar-refractivity contribution is -0.117. The summed E-state index contributed by atoms with van der Waals surface area (Å²) >= 11 is 0. The molecule has 4 heterocycles. The molecule has 1 fully saturated rings. The summed E-state index contributed by atoms with van der Waals surface area (Å²) in [6.45, 7) is 2.45. The number of sulfonamides is 1. The molecule has 1 aliphatic heterocycles. The van der Waals surface area contributed by atoms with Gasteiger partial charge < -0.3 is 4.90 Å². The Morgan fingerprint density at radius 1 is 1.19 bits per heavy atom. The Morgan fingerprint density at radius 3 is 2.67 bits per heavy atom. The van der Waals surface area contributed by atoms with E-state index in [1.807, 2.05) is 0 Å². The van der Waals surface area contributed by atoms with E-state index in [0.29, 0.717) is 35.4 Å². The van der Waals surface area contributed by atoms with Crippen LogP contribution in [-0.4, -0.2) is 40.6 Å². The summed E-state index contributed by atoms with van der Waals surface area (Å²) in [4.78, 5) is 21.8. The van der Waals surface area contributed by atoms with Gasteiger partial charge in [-0.3, -0.25) is 14.2 Å². The summed E-state index contributed by atoms with van der Waals surface area (Å²) < 4.78 is 29.4. The molecule has 27 heavy (non-hydrogen) atoms. The molecule has 0 bridgehead atoms. The Hall–Kier alpha value is -3.01. The van der Waals surface area contributed by atoms with Gasteiger partial charge in [0.1, 0.15) is 10.7 Å². The monoisotopic (exact) mass is 386 g/mol. The highest BCUT2D eigenvalue weighted by Crippen LogP contribution is 2.23. The lowest BCUT2D eigenvalue weighted by atomic mass is 10.3. The highest BCUT2D eigenvalue weighted by molar-refractivity contribution is 7.92. The van der Waals surface area contributed by atoms with Gasteiger partial charge in [-0.2, -0.15) is 5.10 Å². The molecular formula is C17H18N6O3S. The number of fused-ring (bicyclic) bond motifs is 1. The number of pyridine rings is 2. The van der Waals surface area contributed by atoms with E-state index in [4.69, 9.17) is 0 Å². The molecule has 3 aromatic heterocycles. The molecule has 1 amide bonds. The first-order valence-electron chi connectivity index (χ1n) is 8.44. The fourth-order valence-electron chi connectivity index (χ4n) is 3.16. The highest BCUT2D eigenvalue weighted by Gasteiger charge is 2.22. The molecule has 0 atom stereocenters. The first kappa shape index (κ1) is 17.4. The second kappa shape index (κ2) is 6.31. The van der Waals surface area contributed by atoms with Crippen LogP contribution in [0.3, 0.4) is 0 Å². The van der Waals surface area contributed by atoms with E-state index >= 15 is 0 Å². The number of amides is 1. The van der Waals surface area contributed by atoms with Gasteiger partial charge >= 0.3 is 0 Å². The molecule has 3 aromatic rings. The van der Waals surface area contributed by atoms with Crippen molar-refractivity contribution in [2.45, 2.75) is 24.7 Å². The van der Waals surface area contributed by atoms with E-state index in [0.717, 1.165) is 6.42 Å². The number of aromatic nitrogens is 4. The van der Waals surface area contributed by atoms with Crippen molar-refractivity contribution in [3.8, 4) is 0 Å². The van der Waals surface area contributed by atoms with Crippen LogP contribution < -0.4 is 9.62 Å². The maximum atomic E-state index is 12.7. The van der Waals surface area contributed by atoms with E-state index in [-0.39, 0.29) is 16.6 Å². The number of carbonyl (C=O) groups is 1. The SMILES string of the molecule is Cc1nn(C)c2ncc(S(=O)(=O)Nc3ccc(N4CCCC4=O)cn3)cc12. The zero-order chi connectivity index (χ0) is 19.2. The predicted molar refractivity (Wildman–Crippen MR) is 99.9 cm³/mol. The maximum Gasteiger partial charge on any atom is 0.264 e. The molecule has 0 radical (unpaired) electrons. The van der Waals surface area contributed by atoms with Crippen molar-refractivity contribution in [3.63, 3.8) is 0 Å². The molecule has 140 valence electrons. The number of hydrogen-bond acceptors (Lipinski definition) is 6. The maximum absolute atomic E-state index is 12.7. The standard InChI is InChI=1S/C17H18N6O3S/c1-11-14-8-13(10-19-17(14)22(2)20-11)27(25,26)21-15-6-5-12(9-18-15)23-7-3-4-16(23)24/h5-6,8-10H,3-4,7H2,1-2H3,(H,18,21). The minimum absolute atomic E-state index is 0.0340. The molecule has 4 rings (SSSR count). The van der Waals surface area contributed by atoms with Crippen LogP contribution >= 0.6 is 0 Å². The van der Waals surface area contributed by atoms with E-state index in [2.05, 4.69) is 19.8 Å². The third kappa shape index (κ3) is 3.12. The van der Waals surface area contributed by atoms with Gasteiger partial charge in [0, 0.05) is 31.6 Å². The summed E-state index contributed by atoms with van der Waals surface area (Å²) in [5.41, 5.74) is 1.98. The first-order valence-corrected chi connectivity index (χ1v) is 9.92. The van der Waals surface area contributed by atoms with Crippen molar-refractivity contribution >= 4 is 38.5 Å². The molecule has 0 spiro atoms. The number of carbonyl (C=O) groups excluding carboxylic acids is 1. The molecule has 10 heteroatoms. The average molecular weight is 386 g/mol. The Balaban J connectivity index is 1.59. The molecule has 0 saturated carbocycles. The number of rotatable bonds is 4. The number of aryl methyl sites for hydroxylation is 2. The van der Waals surface area contributed by atoms with Gasteiger partial charge in [0.05, 0.1) is 17.6 Å². The second-order valence-corrected chi connectivity index (χ2v) is 8.09. The Morgan fingerprint density at radius 2 is 2.00 bits per heavy atom. The lowest BCUT2D eigenvalue weighted by Crippen LogP contribution is -2.23. The van der Waals surface area contributed by atoms with Crippen molar-refractivity contribution in [2.24, 2.45) is 7.05 Å². The minimum atomic E-state index is -3.85. The second-order valence-electron chi connectivity index (χ2n) is 6.41. The molecule has 1 saturated heterocycles. The van der Waals surface area contributed by atoms with Gasteiger partial charge in [-0.15, -0.1) is 0 Å². The molecule has 1 N–H and O–H groups in total. The van der Waals surface area contributed by atoms with Crippen LogP contribution in [0, 0.1) is 6.92 Å². The third-order valence-electron chi connectivity index (χ3n) is 4.52. The van der Waals surface area contributed by atoms with Gasteiger partial charge in [0.2, 0.25) is 5.91 Å². The number of nitrogens with one attached hydrogen (secondary N) is 1. The smallest absolute Gasteiger partial charge is 0.264 e. The molecular weight excluding hydrogens is 368 g/mol. The van der Waals surface area contributed by atoms with Crippen molar-refractivity contribution in [3.05, 3.63) is 36.3 Å². The third-order valence-corrected chi connectivity index (χ3v) is 5.84. The van der Waals surface area contributed by atoms with E-state index in [1.165, 1.54) is 12.4 Å². The quantitative estimate of drug-likeness (QED) is 0.729. The number of nitrogens with zero attached hydrogens (tertiary/aromatic N) is 5. The molecule has 0 aromatic carbocycles. The predicted octanol–water partition coefficient (Wildman–Crippen LogP) is 1.60.